The van der Waals surface area contributed by atoms with Crippen molar-refractivity contribution in [3.8, 4) is 0 Å². The monoisotopic (exact) mass is 287 g/mol. The van der Waals surface area contributed by atoms with E-state index in [0.29, 0.717) is 12.1 Å². The van der Waals surface area contributed by atoms with E-state index >= 15 is 0 Å². The van der Waals surface area contributed by atoms with Crippen molar-refractivity contribution in [2.75, 3.05) is 0 Å². The van der Waals surface area contributed by atoms with Crippen LogP contribution in [0.15, 0.2) is 47.8 Å². The lowest BCUT2D eigenvalue weighted by molar-refractivity contribution is 0.419. The van der Waals surface area contributed by atoms with E-state index in [1.807, 2.05) is 11.3 Å². The molecule has 0 saturated heterocycles. The van der Waals surface area contributed by atoms with Crippen LogP contribution in [0.25, 0.3) is 0 Å². The van der Waals surface area contributed by atoms with Gasteiger partial charge in [0, 0.05) is 17.0 Å². The maximum absolute atomic E-state index is 3.80. The van der Waals surface area contributed by atoms with Crippen LogP contribution in [0.1, 0.15) is 49.6 Å². The maximum Gasteiger partial charge on any atom is 0.0416 e. The van der Waals surface area contributed by atoms with Gasteiger partial charge in [0.2, 0.25) is 0 Å². The molecule has 0 amide bonds. The second-order valence-electron chi connectivity index (χ2n) is 5.45. The summed E-state index contributed by atoms with van der Waals surface area (Å²) in [5, 5.41) is 5.98. The van der Waals surface area contributed by atoms with Crippen molar-refractivity contribution in [2.24, 2.45) is 0 Å². The molecule has 1 nitrogen and oxygen atoms in total. The molecule has 1 aromatic carbocycles. The van der Waals surface area contributed by atoms with Crippen LogP contribution in [0, 0.1) is 0 Å². The van der Waals surface area contributed by atoms with Gasteiger partial charge in [-0.05, 0) is 43.2 Å². The van der Waals surface area contributed by atoms with E-state index in [9.17, 15) is 0 Å². The number of benzene rings is 1. The van der Waals surface area contributed by atoms with E-state index < -0.39 is 0 Å². The minimum Gasteiger partial charge on any atom is -0.307 e. The van der Waals surface area contributed by atoms with Crippen LogP contribution in [0.2, 0.25) is 0 Å². The molecule has 0 aliphatic rings. The molecule has 0 fully saturated rings. The normalized spacial score (nSPS) is 14.1. The van der Waals surface area contributed by atoms with E-state index in [0.717, 1.165) is 6.42 Å². The average Bonchev–Trinajstić information content (AvgIpc) is 3.00. The highest BCUT2D eigenvalue weighted by molar-refractivity contribution is 7.10. The molecule has 20 heavy (non-hydrogen) atoms. The second-order valence-corrected chi connectivity index (χ2v) is 6.43. The van der Waals surface area contributed by atoms with E-state index in [1.165, 1.54) is 29.7 Å². The summed E-state index contributed by atoms with van der Waals surface area (Å²) in [7, 11) is 0. The number of thiophene rings is 1. The molecule has 2 rings (SSSR count). The lowest BCUT2D eigenvalue weighted by atomic mass is 10.0. The molecule has 0 spiro atoms. The quantitative estimate of drug-likeness (QED) is 0.703. The van der Waals surface area contributed by atoms with Crippen molar-refractivity contribution in [1.82, 2.24) is 5.32 Å². The highest BCUT2D eigenvalue weighted by Crippen LogP contribution is 2.24. The van der Waals surface area contributed by atoms with Crippen LogP contribution >= 0.6 is 11.3 Å². The number of rotatable bonds is 8. The summed E-state index contributed by atoms with van der Waals surface area (Å²) < 4.78 is 0. The zero-order valence-electron chi connectivity index (χ0n) is 12.5. The summed E-state index contributed by atoms with van der Waals surface area (Å²) in [5.74, 6) is 0. The fraction of sp³-hybridized carbons (Fsp3) is 0.444. The number of hydrogen-bond donors (Lipinski definition) is 1. The van der Waals surface area contributed by atoms with Gasteiger partial charge in [0.25, 0.3) is 0 Å². The van der Waals surface area contributed by atoms with Crippen LogP contribution in [0.4, 0.5) is 0 Å². The van der Waals surface area contributed by atoms with Gasteiger partial charge in [-0.1, -0.05) is 49.7 Å². The Morgan fingerprint density at radius 1 is 1.05 bits per heavy atom. The van der Waals surface area contributed by atoms with Gasteiger partial charge in [-0.25, -0.2) is 0 Å². The fourth-order valence-electron chi connectivity index (χ4n) is 2.54. The third-order valence-corrected chi connectivity index (χ3v) is 4.64. The topological polar surface area (TPSA) is 12.0 Å². The second kappa shape index (κ2) is 8.23. The van der Waals surface area contributed by atoms with Crippen LogP contribution in [-0.2, 0) is 6.42 Å². The molecule has 2 aromatic rings. The lowest BCUT2D eigenvalue weighted by Gasteiger charge is -2.22. The molecule has 0 saturated carbocycles. The summed E-state index contributed by atoms with van der Waals surface area (Å²) in [6, 6.07) is 16.2. The van der Waals surface area contributed by atoms with E-state index in [-0.39, 0.29) is 0 Å². The first-order valence-corrected chi connectivity index (χ1v) is 8.51. The van der Waals surface area contributed by atoms with Gasteiger partial charge in [-0.15, -0.1) is 11.3 Å². The van der Waals surface area contributed by atoms with Gasteiger partial charge in [0.15, 0.2) is 0 Å². The van der Waals surface area contributed by atoms with Crippen LogP contribution < -0.4 is 5.32 Å². The summed E-state index contributed by atoms with van der Waals surface area (Å²) in [5.41, 5.74) is 1.43. The molecule has 0 aliphatic carbocycles. The van der Waals surface area contributed by atoms with Gasteiger partial charge in [0.1, 0.15) is 0 Å². The van der Waals surface area contributed by atoms with Gasteiger partial charge in [-0.3, -0.25) is 0 Å². The summed E-state index contributed by atoms with van der Waals surface area (Å²) >= 11 is 1.86. The largest absolute Gasteiger partial charge is 0.307 e. The molecule has 2 unspecified atom stereocenters. The number of aryl methyl sites for hydroxylation is 1. The maximum atomic E-state index is 3.80. The molecular weight excluding hydrogens is 262 g/mol. The zero-order chi connectivity index (χ0) is 14.2. The Hall–Kier alpha value is -1.12. The van der Waals surface area contributed by atoms with Crippen LogP contribution in [-0.4, -0.2) is 6.04 Å². The zero-order valence-corrected chi connectivity index (χ0v) is 13.3. The Morgan fingerprint density at radius 3 is 2.50 bits per heavy atom. The Bertz CT molecular complexity index is 463. The molecule has 0 bridgehead atoms. The molecular formula is C18H25NS. The van der Waals surface area contributed by atoms with Crippen molar-refractivity contribution in [3.05, 3.63) is 58.3 Å². The number of hydrogen-bond acceptors (Lipinski definition) is 2. The standard InChI is InChI=1S/C18H25NS/c1-3-8-17(18-11-7-14-20-18)19-15(2)12-13-16-9-5-4-6-10-16/h4-7,9-11,14-15,17,19H,3,8,12-13H2,1-2H3. The van der Waals surface area contributed by atoms with Crippen LogP contribution in [0.5, 0.6) is 0 Å². The van der Waals surface area contributed by atoms with Crippen molar-refractivity contribution >= 4 is 11.3 Å². The first kappa shape index (κ1) is 15.3. The first-order chi connectivity index (χ1) is 9.79. The highest BCUT2D eigenvalue weighted by Gasteiger charge is 2.14. The fourth-order valence-corrected chi connectivity index (χ4v) is 3.36. The minimum absolute atomic E-state index is 0.519. The summed E-state index contributed by atoms with van der Waals surface area (Å²) in [4.78, 5) is 1.47. The predicted molar refractivity (Wildman–Crippen MR) is 89.3 cm³/mol. The van der Waals surface area contributed by atoms with Crippen molar-refractivity contribution in [2.45, 2.75) is 51.6 Å². The SMILES string of the molecule is CCCC(NC(C)CCc1ccccc1)c1cccs1. The Labute approximate surface area is 127 Å². The van der Waals surface area contributed by atoms with Gasteiger partial charge >= 0.3 is 0 Å². The van der Waals surface area contributed by atoms with Crippen molar-refractivity contribution in [1.29, 1.82) is 0 Å². The van der Waals surface area contributed by atoms with Gasteiger partial charge in [-0.2, -0.15) is 0 Å². The Morgan fingerprint density at radius 2 is 1.85 bits per heavy atom. The van der Waals surface area contributed by atoms with Crippen LogP contribution in [0.3, 0.4) is 0 Å². The summed E-state index contributed by atoms with van der Waals surface area (Å²) in [6.07, 6.45) is 4.78. The molecule has 1 heterocycles. The lowest BCUT2D eigenvalue weighted by Crippen LogP contribution is -2.30. The molecule has 108 valence electrons. The van der Waals surface area contributed by atoms with E-state index in [2.05, 4.69) is 67.0 Å². The average molecular weight is 287 g/mol. The smallest absolute Gasteiger partial charge is 0.0416 e. The molecule has 2 atom stereocenters. The first-order valence-electron chi connectivity index (χ1n) is 7.63. The van der Waals surface area contributed by atoms with Gasteiger partial charge < -0.3 is 5.32 Å². The molecule has 2 heteroatoms. The minimum atomic E-state index is 0.519. The van der Waals surface area contributed by atoms with Gasteiger partial charge in [0.05, 0.1) is 0 Å². The third kappa shape index (κ3) is 4.77. The Kier molecular flexibility index (Phi) is 6.28. The third-order valence-electron chi connectivity index (χ3n) is 3.66. The van der Waals surface area contributed by atoms with Crippen molar-refractivity contribution < 1.29 is 0 Å². The molecule has 0 aliphatic heterocycles. The van der Waals surface area contributed by atoms with Crippen molar-refractivity contribution in [3.63, 3.8) is 0 Å². The molecule has 1 N–H and O–H groups in total. The number of nitrogens with one attached hydrogen (secondary N) is 1. The predicted octanol–water partition coefficient (Wildman–Crippen LogP) is 5.20. The Balaban J connectivity index is 1.84. The highest BCUT2D eigenvalue weighted by atomic mass is 32.1. The molecule has 0 radical (unpaired) electrons. The van der Waals surface area contributed by atoms with E-state index in [4.69, 9.17) is 0 Å². The van der Waals surface area contributed by atoms with E-state index in [1.54, 1.807) is 0 Å². The summed E-state index contributed by atoms with van der Waals surface area (Å²) in [6.45, 7) is 4.57. The molecule has 1 aromatic heterocycles.